The lowest BCUT2D eigenvalue weighted by molar-refractivity contribution is -0.121. The molecule has 0 aromatic heterocycles. The number of Topliss-reactive ketones (excluding diaryl/α,β-unsaturated/α-hetero) is 1. The molecule has 1 saturated carbocycles. The van der Waals surface area contributed by atoms with Crippen LogP contribution in [0.5, 0.6) is 0 Å². The Bertz CT molecular complexity index is 193. The van der Waals surface area contributed by atoms with Crippen molar-refractivity contribution in [2.45, 2.75) is 25.7 Å². The average Bonchev–Trinajstić information content (AvgIpc) is 2.27. The third kappa shape index (κ3) is 2.07. The van der Waals surface area contributed by atoms with Crippen LogP contribution in [0, 0.1) is 11.8 Å². The lowest BCUT2D eigenvalue weighted by Gasteiger charge is -2.06. The Morgan fingerprint density at radius 3 is 2.50 bits per heavy atom. The minimum atomic E-state index is 0.106. The maximum Gasteiger partial charge on any atom is 0.139 e. The van der Waals surface area contributed by atoms with Gasteiger partial charge in [-0.2, -0.15) is 0 Å². The number of allylic oxidation sites excluding steroid dienone is 2. The number of rotatable bonds is 2. The molecule has 12 heavy (non-hydrogen) atoms. The van der Waals surface area contributed by atoms with E-state index in [9.17, 15) is 4.79 Å². The minimum Gasteiger partial charge on any atom is -0.299 e. The SMILES string of the molecule is C=CC1CCC(=O)C(C=C)CC1. The van der Waals surface area contributed by atoms with Crippen LogP contribution in [0.2, 0.25) is 0 Å². The molecule has 0 aromatic carbocycles. The smallest absolute Gasteiger partial charge is 0.139 e. The van der Waals surface area contributed by atoms with E-state index in [1.165, 1.54) is 0 Å². The molecule has 1 fully saturated rings. The summed E-state index contributed by atoms with van der Waals surface area (Å²) in [5, 5.41) is 0. The summed E-state index contributed by atoms with van der Waals surface area (Å²) in [5.41, 5.74) is 0. The quantitative estimate of drug-likeness (QED) is 0.453. The van der Waals surface area contributed by atoms with Crippen LogP contribution in [0.3, 0.4) is 0 Å². The standard InChI is InChI=1S/C11H16O/c1-3-9-5-7-10(4-2)11(12)8-6-9/h3-4,9-10H,1-2,5-8H2. The van der Waals surface area contributed by atoms with Gasteiger partial charge in [-0.15, -0.1) is 13.2 Å². The molecule has 1 aliphatic rings. The van der Waals surface area contributed by atoms with Gasteiger partial charge in [0.1, 0.15) is 5.78 Å². The maximum atomic E-state index is 11.4. The number of hydrogen-bond acceptors (Lipinski definition) is 1. The highest BCUT2D eigenvalue weighted by Gasteiger charge is 2.21. The summed E-state index contributed by atoms with van der Waals surface area (Å²) in [5.74, 6) is 1.00. The maximum absolute atomic E-state index is 11.4. The van der Waals surface area contributed by atoms with E-state index in [-0.39, 0.29) is 5.92 Å². The fourth-order valence-electron chi connectivity index (χ4n) is 1.70. The molecule has 0 radical (unpaired) electrons. The van der Waals surface area contributed by atoms with Crippen LogP contribution in [0.1, 0.15) is 25.7 Å². The molecule has 1 heteroatoms. The van der Waals surface area contributed by atoms with Crippen molar-refractivity contribution in [1.82, 2.24) is 0 Å². The monoisotopic (exact) mass is 164 g/mol. The Labute approximate surface area is 74.2 Å². The molecule has 0 aromatic rings. The molecule has 1 aliphatic carbocycles. The van der Waals surface area contributed by atoms with E-state index in [1.54, 1.807) is 6.08 Å². The summed E-state index contributed by atoms with van der Waals surface area (Å²) in [4.78, 5) is 11.4. The van der Waals surface area contributed by atoms with E-state index in [0.29, 0.717) is 18.1 Å². The van der Waals surface area contributed by atoms with Crippen molar-refractivity contribution < 1.29 is 4.79 Å². The highest BCUT2D eigenvalue weighted by atomic mass is 16.1. The molecule has 1 rings (SSSR count). The summed E-state index contributed by atoms with van der Waals surface area (Å²) in [6, 6.07) is 0. The topological polar surface area (TPSA) is 17.1 Å². The molecular formula is C11H16O. The van der Waals surface area contributed by atoms with Crippen molar-refractivity contribution >= 4 is 5.78 Å². The third-order valence-electron chi connectivity index (χ3n) is 2.64. The first-order valence-corrected chi connectivity index (χ1v) is 4.55. The zero-order chi connectivity index (χ0) is 8.97. The molecule has 0 aliphatic heterocycles. The van der Waals surface area contributed by atoms with Gasteiger partial charge in [-0.1, -0.05) is 12.2 Å². The zero-order valence-electron chi connectivity index (χ0n) is 7.46. The first-order chi connectivity index (χ1) is 5.77. The molecule has 2 atom stereocenters. The van der Waals surface area contributed by atoms with Crippen LogP contribution in [-0.2, 0) is 4.79 Å². The third-order valence-corrected chi connectivity index (χ3v) is 2.64. The van der Waals surface area contributed by atoms with Crippen molar-refractivity contribution in [2.75, 3.05) is 0 Å². The summed E-state index contributed by atoms with van der Waals surface area (Å²) in [7, 11) is 0. The van der Waals surface area contributed by atoms with Gasteiger partial charge in [0.05, 0.1) is 0 Å². The van der Waals surface area contributed by atoms with Gasteiger partial charge in [-0.3, -0.25) is 4.79 Å². The molecule has 0 bridgehead atoms. The Hall–Kier alpha value is -0.850. The van der Waals surface area contributed by atoms with E-state index >= 15 is 0 Å². The largest absolute Gasteiger partial charge is 0.299 e. The molecule has 2 unspecified atom stereocenters. The van der Waals surface area contributed by atoms with Gasteiger partial charge >= 0.3 is 0 Å². The lowest BCUT2D eigenvalue weighted by atomic mass is 9.98. The molecule has 0 N–H and O–H groups in total. The predicted octanol–water partition coefficient (Wildman–Crippen LogP) is 2.73. The highest BCUT2D eigenvalue weighted by Crippen LogP contribution is 2.25. The van der Waals surface area contributed by atoms with Gasteiger partial charge < -0.3 is 0 Å². The summed E-state index contributed by atoms with van der Waals surface area (Å²) >= 11 is 0. The molecule has 66 valence electrons. The summed E-state index contributed by atoms with van der Waals surface area (Å²) in [6.07, 6.45) is 7.48. The average molecular weight is 164 g/mol. The molecule has 0 saturated heterocycles. The van der Waals surface area contributed by atoms with Crippen LogP contribution < -0.4 is 0 Å². The van der Waals surface area contributed by atoms with Crippen LogP contribution >= 0.6 is 0 Å². The van der Waals surface area contributed by atoms with Crippen LogP contribution in [0.4, 0.5) is 0 Å². The van der Waals surface area contributed by atoms with Gasteiger partial charge in [0.25, 0.3) is 0 Å². The van der Waals surface area contributed by atoms with E-state index in [0.717, 1.165) is 19.3 Å². The molecule has 0 amide bonds. The summed E-state index contributed by atoms with van der Waals surface area (Å²) in [6.45, 7) is 7.45. The molecular weight excluding hydrogens is 148 g/mol. The number of ketones is 1. The van der Waals surface area contributed by atoms with Gasteiger partial charge in [-0.05, 0) is 25.2 Å². The van der Waals surface area contributed by atoms with E-state index in [2.05, 4.69) is 13.2 Å². The van der Waals surface area contributed by atoms with Crippen molar-refractivity contribution in [3.63, 3.8) is 0 Å². The summed E-state index contributed by atoms with van der Waals surface area (Å²) < 4.78 is 0. The van der Waals surface area contributed by atoms with E-state index in [4.69, 9.17) is 0 Å². The van der Waals surface area contributed by atoms with Gasteiger partial charge in [-0.25, -0.2) is 0 Å². The van der Waals surface area contributed by atoms with E-state index < -0.39 is 0 Å². The highest BCUT2D eigenvalue weighted by molar-refractivity contribution is 5.82. The lowest BCUT2D eigenvalue weighted by Crippen LogP contribution is -2.08. The van der Waals surface area contributed by atoms with Crippen LogP contribution in [0.25, 0.3) is 0 Å². The number of hydrogen-bond donors (Lipinski definition) is 0. The Balaban J connectivity index is 2.57. The number of carbonyl (C=O) groups is 1. The van der Waals surface area contributed by atoms with Crippen molar-refractivity contribution in [3.8, 4) is 0 Å². The fraction of sp³-hybridized carbons (Fsp3) is 0.545. The fourth-order valence-corrected chi connectivity index (χ4v) is 1.70. The second-order valence-electron chi connectivity index (χ2n) is 3.42. The number of carbonyl (C=O) groups excluding carboxylic acids is 1. The van der Waals surface area contributed by atoms with Crippen LogP contribution in [-0.4, -0.2) is 5.78 Å². The Morgan fingerprint density at radius 2 is 1.92 bits per heavy atom. The van der Waals surface area contributed by atoms with Gasteiger partial charge in [0.15, 0.2) is 0 Å². The molecule has 0 spiro atoms. The second-order valence-corrected chi connectivity index (χ2v) is 3.42. The van der Waals surface area contributed by atoms with Crippen molar-refractivity contribution in [2.24, 2.45) is 11.8 Å². The van der Waals surface area contributed by atoms with Crippen molar-refractivity contribution in [1.29, 1.82) is 0 Å². The molecule has 0 heterocycles. The van der Waals surface area contributed by atoms with Gasteiger partial charge in [0.2, 0.25) is 0 Å². The van der Waals surface area contributed by atoms with E-state index in [1.807, 2.05) is 6.08 Å². The predicted molar refractivity (Wildman–Crippen MR) is 50.8 cm³/mol. The Morgan fingerprint density at radius 1 is 1.17 bits per heavy atom. The Kier molecular flexibility index (Phi) is 3.27. The van der Waals surface area contributed by atoms with Crippen molar-refractivity contribution in [3.05, 3.63) is 25.3 Å². The minimum absolute atomic E-state index is 0.106. The van der Waals surface area contributed by atoms with Crippen LogP contribution in [0.15, 0.2) is 25.3 Å². The first-order valence-electron chi connectivity index (χ1n) is 4.55. The van der Waals surface area contributed by atoms with Gasteiger partial charge in [0, 0.05) is 12.3 Å². The first kappa shape index (κ1) is 9.24. The normalized spacial score (nSPS) is 30.8. The zero-order valence-corrected chi connectivity index (χ0v) is 7.46. The molecule has 1 nitrogen and oxygen atoms in total. The second kappa shape index (κ2) is 4.24.